The summed E-state index contributed by atoms with van der Waals surface area (Å²) in [5.41, 5.74) is 4.13. The molecule has 1 aliphatic rings. The Bertz CT molecular complexity index is 306. The third kappa shape index (κ3) is 1.60. The monoisotopic (exact) mass is 197 g/mol. The summed E-state index contributed by atoms with van der Waals surface area (Å²) in [4.78, 5) is 0. The smallest absolute Gasteiger partial charge is 0.0676 e. The molecule has 1 aromatic rings. The summed E-state index contributed by atoms with van der Waals surface area (Å²) in [6.45, 7) is 0.930. The van der Waals surface area contributed by atoms with E-state index in [9.17, 15) is 0 Å². The predicted octanol–water partition coefficient (Wildman–Crippen LogP) is 0.929. The summed E-state index contributed by atoms with van der Waals surface area (Å²) in [7, 11) is 4.02. The zero-order chi connectivity index (χ0) is 9.26. The fourth-order valence-corrected chi connectivity index (χ4v) is 2.78. The largest absolute Gasteiger partial charge is 0.314 e. The van der Waals surface area contributed by atoms with E-state index in [1.54, 1.807) is 0 Å². The molecule has 0 saturated carbocycles. The van der Waals surface area contributed by atoms with Crippen molar-refractivity contribution in [3.05, 3.63) is 17.0 Å². The molecule has 0 aliphatic carbocycles. The average Bonchev–Trinajstić information content (AvgIpc) is 2.44. The first-order valence-electron chi connectivity index (χ1n) is 4.59. The van der Waals surface area contributed by atoms with Crippen molar-refractivity contribution in [3.8, 4) is 0 Å². The Morgan fingerprint density at radius 2 is 2.46 bits per heavy atom. The van der Waals surface area contributed by atoms with Gasteiger partial charge in [0.15, 0.2) is 0 Å². The van der Waals surface area contributed by atoms with E-state index in [1.807, 2.05) is 30.5 Å². The Balaban J connectivity index is 2.36. The van der Waals surface area contributed by atoms with Gasteiger partial charge in [0, 0.05) is 31.3 Å². The molecule has 13 heavy (non-hydrogen) atoms. The number of fused-ring (bicyclic) bond motifs is 1. The zero-order valence-corrected chi connectivity index (χ0v) is 8.95. The van der Waals surface area contributed by atoms with E-state index in [4.69, 9.17) is 0 Å². The van der Waals surface area contributed by atoms with Crippen molar-refractivity contribution in [1.29, 1.82) is 0 Å². The SMILES string of the molecule is CNCc1c2c(nn1C)CCSC2. The van der Waals surface area contributed by atoms with Gasteiger partial charge in [0.1, 0.15) is 0 Å². The number of nitrogens with zero attached hydrogens (tertiary/aromatic N) is 2. The molecule has 2 heterocycles. The Morgan fingerprint density at radius 1 is 1.62 bits per heavy atom. The second kappa shape index (κ2) is 3.72. The van der Waals surface area contributed by atoms with Crippen LogP contribution in [0.4, 0.5) is 0 Å². The van der Waals surface area contributed by atoms with Crippen LogP contribution < -0.4 is 5.32 Å². The van der Waals surface area contributed by atoms with Crippen molar-refractivity contribution in [2.45, 2.75) is 18.7 Å². The van der Waals surface area contributed by atoms with Crippen molar-refractivity contribution < 1.29 is 0 Å². The van der Waals surface area contributed by atoms with Crippen molar-refractivity contribution in [2.24, 2.45) is 7.05 Å². The first-order chi connectivity index (χ1) is 6.33. The lowest BCUT2D eigenvalue weighted by Crippen LogP contribution is -2.11. The molecule has 2 rings (SSSR count). The summed E-state index contributed by atoms with van der Waals surface area (Å²) in [6.07, 6.45) is 1.14. The molecule has 0 atom stereocenters. The Kier molecular flexibility index (Phi) is 2.60. The van der Waals surface area contributed by atoms with Gasteiger partial charge >= 0.3 is 0 Å². The van der Waals surface area contributed by atoms with Gasteiger partial charge < -0.3 is 5.32 Å². The van der Waals surface area contributed by atoms with Crippen LogP contribution in [0.2, 0.25) is 0 Å². The van der Waals surface area contributed by atoms with E-state index < -0.39 is 0 Å². The first-order valence-corrected chi connectivity index (χ1v) is 5.74. The lowest BCUT2D eigenvalue weighted by atomic mass is 10.1. The quantitative estimate of drug-likeness (QED) is 0.765. The third-order valence-corrected chi connectivity index (χ3v) is 3.42. The Morgan fingerprint density at radius 3 is 3.23 bits per heavy atom. The minimum Gasteiger partial charge on any atom is -0.314 e. The predicted molar refractivity (Wildman–Crippen MR) is 55.8 cm³/mol. The van der Waals surface area contributed by atoms with Crippen LogP contribution in [0, 0.1) is 0 Å². The van der Waals surface area contributed by atoms with Crippen LogP contribution in [-0.2, 0) is 25.8 Å². The number of rotatable bonds is 2. The van der Waals surface area contributed by atoms with Gasteiger partial charge in [-0.1, -0.05) is 0 Å². The number of aromatic nitrogens is 2. The van der Waals surface area contributed by atoms with Gasteiger partial charge in [-0.15, -0.1) is 0 Å². The average molecular weight is 197 g/mol. The van der Waals surface area contributed by atoms with Crippen LogP contribution in [0.25, 0.3) is 0 Å². The Labute approximate surface area is 82.9 Å². The number of thioether (sulfide) groups is 1. The second-order valence-corrected chi connectivity index (χ2v) is 4.43. The second-order valence-electron chi connectivity index (χ2n) is 3.33. The lowest BCUT2D eigenvalue weighted by Gasteiger charge is -2.10. The molecule has 4 heteroatoms. The highest BCUT2D eigenvalue weighted by molar-refractivity contribution is 7.98. The summed E-state index contributed by atoms with van der Waals surface area (Å²) < 4.78 is 2.02. The van der Waals surface area contributed by atoms with Gasteiger partial charge in [-0.05, 0) is 12.8 Å². The van der Waals surface area contributed by atoms with Crippen LogP contribution in [0.5, 0.6) is 0 Å². The molecular formula is C9H15N3S. The molecule has 0 saturated heterocycles. The van der Waals surface area contributed by atoms with Crippen molar-refractivity contribution in [2.75, 3.05) is 12.8 Å². The highest BCUT2D eigenvalue weighted by Gasteiger charge is 2.18. The first kappa shape index (κ1) is 9.09. The summed E-state index contributed by atoms with van der Waals surface area (Å²) >= 11 is 2.01. The van der Waals surface area contributed by atoms with Gasteiger partial charge in [-0.2, -0.15) is 16.9 Å². The summed E-state index contributed by atoms with van der Waals surface area (Å²) in [5, 5.41) is 7.72. The third-order valence-electron chi connectivity index (χ3n) is 2.43. The standard InChI is InChI=1S/C9H15N3S/c1-10-5-9-7-6-13-4-3-8(7)11-12(9)2/h10H,3-6H2,1-2H3. The van der Waals surface area contributed by atoms with Crippen LogP contribution in [-0.4, -0.2) is 22.6 Å². The van der Waals surface area contributed by atoms with E-state index >= 15 is 0 Å². The molecule has 72 valence electrons. The normalized spacial score (nSPS) is 15.8. The number of hydrogen-bond acceptors (Lipinski definition) is 3. The topological polar surface area (TPSA) is 29.9 Å². The van der Waals surface area contributed by atoms with Gasteiger partial charge in [-0.3, -0.25) is 4.68 Å². The molecule has 0 fully saturated rings. The molecule has 0 radical (unpaired) electrons. The van der Waals surface area contributed by atoms with Gasteiger partial charge in [0.05, 0.1) is 11.4 Å². The molecule has 1 N–H and O–H groups in total. The molecule has 0 amide bonds. The minimum absolute atomic E-state index is 0.930. The maximum atomic E-state index is 4.53. The molecular weight excluding hydrogens is 182 g/mol. The fraction of sp³-hybridized carbons (Fsp3) is 0.667. The molecule has 1 aliphatic heterocycles. The van der Waals surface area contributed by atoms with Crippen molar-refractivity contribution >= 4 is 11.8 Å². The molecule has 0 spiro atoms. The molecule has 0 unspecified atom stereocenters. The van der Waals surface area contributed by atoms with E-state index in [1.165, 1.54) is 22.7 Å². The number of nitrogens with one attached hydrogen (secondary N) is 1. The fourth-order valence-electron chi connectivity index (χ4n) is 1.76. The maximum absolute atomic E-state index is 4.53. The number of aryl methyl sites for hydroxylation is 2. The van der Waals surface area contributed by atoms with Crippen molar-refractivity contribution in [3.63, 3.8) is 0 Å². The van der Waals surface area contributed by atoms with E-state index in [2.05, 4.69) is 10.4 Å². The van der Waals surface area contributed by atoms with E-state index in [0.29, 0.717) is 0 Å². The van der Waals surface area contributed by atoms with Crippen LogP contribution in [0.3, 0.4) is 0 Å². The van der Waals surface area contributed by atoms with Crippen LogP contribution in [0.1, 0.15) is 17.0 Å². The highest BCUT2D eigenvalue weighted by Crippen LogP contribution is 2.26. The zero-order valence-electron chi connectivity index (χ0n) is 8.13. The molecule has 0 bridgehead atoms. The van der Waals surface area contributed by atoms with E-state index in [0.717, 1.165) is 18.7 Å². The minimum atomic E-state index is 0.930. The van der Waals surface area contributed by atoms with Crippen LogP contribution >= 0.6 is 11.8 Å². The number of hydrogen-bond donors (Lipinski definition) is 1. The highest BCUT2D eigenvalue weighted by atomic mass is 32.2. The molecule has 0 aromatic carbocycles. The van der Waals surface area contributed by atoms with Crippen molar-refractivity contribution in [1.82, 2.24) is 15.1 Å². The van der Waals surface area contributed by atoms with Crippen LogP contribution in [0.15, 0.2) is 0 Å². The van der Waals surface area contributed by atoms with Gasteiger partial charge in [0.2, 0.25) is 0 Å². The molecule has 1 aromatic heterocycles. The Hall–Kier alpha value is -0.480. The summed E-state index contributed by atoms with van der Waals surface area (Å²) in [5.74, 6) is 2.36. The van der Waals surface area contributed by atoms with E-state index in [-0.39, 0.29) is 0 Å². The molecule has 3 nitrogen and oxygen atoms in total. The summed E-state index contributed by atoms with van der Waals surface area (Å²) in [6, 6.07) is 0. The van der Waals surface area contributed by atoms with Gasteiger partial charge in [0.25, 0.3) is 0 Å². The van der Waals surface area contributed by atoms with Gasteiger partial charge in [-0.25, -0.2) is 0 Å². The maximum Gasteiger partial charge on any atom is 0.0676 e. The lowest BCUT2D eigenvalue weighted by molar-refractivity contribution is 0.664.